The van der Waals surface area contributed by atoms with Crippen LogP contribution in [0.4, 0.5) is 0 Å². The Morgan fingerprint density at radius 3 is 2.32 bits per heavy atom. The summed E-state index contributed by atoms with van der Waals surface area (Å²) in [6.45, 7) is 8.93. The predicted molar refractivity (Wildman–Crippen MR) is 81.6 cm³/mol. The molecule has 1 rings (SSSR count). The Kier molecular flexibility index (Phi) is 9.17. The summed E-state index contributed by atoms with van der Waals surface area (Å²) < 4.78 is 5.71. The summed E-state index contributed by atoms with van der Waals surface area (Å²) in [6, 6.07) is 10.8. The van der Waals surface area contributed by atoms with E-state index in [1.807, 2.05) is 24.3 Å². The van der Waals surface area contributed by atoms with Crippen LogP contribution < -0.4 is 4.74 Å². The van der Waals surface area contributed by atoms with E-state index in [4.69, 9.17) is 4.74 Å². The Bertz CT molecular complexity index is 291. The lowest BCUT2D eigenvalue weighted by Gasteiger charge is -2.21. The summed E-state index contributed by atoms with van der Waals surface area (Å²) in [5.74, 6) is 0.927. The van der Waals surface area contributed by atoms with Crippen LogP contribution in [0.1, 0.15) is 46.0 Å². The van der Waals surface area contributed by atoms with Gasteiger partial charge < -0.3 is 9.64 Å². The normalized spacial score (nSPS) is 10.9. The first-order valence-electron chi connectivity index (χ1n) is 7.68. The molecule has 0 aliphatic rings. The van der Waals surface area contributed by atoms with Crippen LogP contribution in [0, 0.1) is 6.07 Å². The van der Waals surface area contributed by atoms with Gasteiger partial charge in [-0.1, -0.05) is 38.8 Å². The van der Waals surface area contributed by atoms with Crippen LogP contribution in [0.15, 0.2) is 24.3 Å². The molecule has 19 heavy (non-hydrogen) atoms. The summed E-state index contributed by atoms with van der Waals surface area (Å²) in [6.07, 6.45) is 6.26. The Balaban J connectivity index is 2.16. The fourth-order valence-electron chi connectivity index (χ4n) is 2.04. The van der Waals surface area contributed by atoms with Gasteiger partial charge in [-0.05, 0) is 50.6 Å². The van der Waals surface area contributed by atoms with Crippen LogP contribution in [0.3, 0.4) is 0 Å². The van der Waals surface area contributed by atoms with E-state index in [1.54, 1.807) is 0 Å². The standard InChI is InChI=1S/C17H28NO/c1-3-5-13-18(14-6-4-2)15-10-16-19-17-11-8-7-9-12-17/h7-8,11-12H,3-6,10,13-16H2,1-2H3. The molecule has 0 spiro atoms. The maximum atomic E-state index is 5.71. The van der Waals surface area contributed by atoms with E-state index in [0.717, 1.165) is 25.3 Å². The van der Waals surface area contributed by atoms with E-state index in [1.165, 1.54) is 38.8 Å². The molecule has 107 valence electrons. The summed E-state index contributed by atoms with van der Waals surface area (Å²) >= 11 is 0. The SMILES string of the molecule is CCCCN(CCCC)CCCOc1c[c]ccc1. The average Bonchev–Trinajstić information content (AvgIpc) is 2.46. The van der Waals surface area contributed by atoms with Crippen LogP contribution in [-0.4, -0.2) is 31.1 Å². The van der Waals surface area contributed by atoms with Gasteiger partial charge in [0.05, 0.1) is 6.61 Å². The fraction of sp³-hybridized carbons (Fsp3) is 0.647. The van der Waals surface area contributed by atoms with E-state index in [9.17, 15) is 0 Å². The lowest BCUT2D eigenvalue weighted by molar-refractivity contribution is 0.229. The number of hydrogen-bond acceptors (Lipinski definition) is 2. The highest BCUT2D eigenvalue weighted by molar-refractivity contribution is 5.19. The maximum Gasteiger partial charge on any atom is 0.119 e. The zero-order chi connectivity index (χ0) is 13.8. The lowest BCUT2D eigenvalue weighted by atomic mass is 10.2. The Hall–Kier alpha value is -1.02. The highest BCUT2D eigenvalue weighted by Gasteiger charge is 2.03. The molecule has 0 fully saturated rings. The van der Waals surface area contributed by atoms with Crippen molar-refractivity contribution in [1.29, 1.82) is 0 Å². The molecule has 0 saturated heterocycles. The number of benzene rings is 1. The number of nitrogens with zero attached hydrogens (tertiary/aromatic N) is 1. The molecule has 2 heteroatoms. The third-order valence-electron chi connectivity index (χ3n) is 3.22. The molecule has 0 N–H and O–H groups in total. The first-order valence-corrected chi connectivity index (χ1v) is 7.68. The van der Waals surface area contributed by atoms with Gasteiger partial charge in [0.2, 0.25) is 0 Å². The molecule has 0 unspecified atom stereocenters. The molecule has 0 aromatic heterocycles. The second kappa shape index (κ2) is 10.9. The molecule has 0 amide bonds. The Morgan fingerprint density at radius 1 is 1.05 bits per heavy atom. The lowest BCUT2D eigenvalue weighted by Crippen LogP contribution is -2.28. The number of ether oxygens (including phenoxy) is 1. The van der Waals surface area contributed by atoms with Crippen LogP contribution in [0.25, 0.3) is 0 Å². The smallest absolute Gasteiger partial charge is 0.119 e. The largest absolute Gasteiger partial charge is 0.494 e. The number of hydrogen-bond donors (Lipinski definition) is 0. The topological polar surface area (TPSA) is 12.5 Å². The van der Waals surface area contributed by atoms with Crippen molar-refractivity contribution in [3.8, 4) is 5.75 Å². The van der Waals surface area contributed by atoms with Crippen molar-refractivity contribution < 1.29 is 4.74 Å². The van der Waals surface area contributed by atoms with Crippen molar-refractivity contribution in [3.63, 3.8) is 0 Å². The molecule has 0 heterocycles. The maximum absolute atomic E-state index is 5.71. The molecule has 0 atom stereocenters. The highest BCUT2D eigenvalue weighted by atomic mass is 16.5. The molecular weight excluding hydrogens is 234 g/mol. The minimum absolute atomic E-state index is 0.798. The summed E-state index contributed by atoms with van der Waals surface area (Å²) in [4.78, 5) is 2.58. The number of rotatable bonds is 11. The van der Waals surface area contributed by atoms with Crippen molar-refractivity contribution in [2.45, 2.75) is 46.0 Å². The monoisotopic (exact) mass is 262 g/mol. The second-order valence-corrected chi connectivity index (χ2v) is 4.99. The minimum Gasteiger partial charge on any atom is -0.494 e. The second-order valence-electron chi connectivity index (χ2n) is 4.99. The van der Waals surface area contributed by atoms with Crippen molar-refractivity contribution in [3.05, 3.63) is 30.3 Å². The molecule has 0 aliphatic heterocycles. The molecular formula is C17H28NO. The van der Waals surface area contributed by atoms with Gasteiger partial charge in [-0.25, -0.2) is 0 Å². The molecule has 1 aromatic rings. The summed E-state index contributed by atoms with van der Waals surface area (Å²) in [5.41, 5.74) is 0. The van der Waals surface area contributed by atoms with Crippen molar-refractivity contribution >= 4 is 0 Å². The van der Waals surface area contributed by atoms with Crippen molar-refractivity contribution in [1.82, 2.24) is 4.90 Å². The molecule has 1 aromatic carbocycles. The van der Waals surface area contributed by atoms with Gasteiger partial charge in [-0.3, -0.25) is 0 Å². The molecule has 0 saturated carbocycles. The summed E-state index contributed by atoms with van der Waals surface area (Å²) in [5, 5.41) is 0. The first kappa shape index (κ1) is 16.0. The molecule has 0 bridgehead atoms. The average molecular weight is 262 g/mol. The zero-order valence-electron chi connectivity index (χ0n) is 12.5. The highest BCUT2D eigenvalue weighted by Crippen LogP contribution is 2.08. The van der Waals surface area contributed by atoms with Crippen LogP contribution >= 0.6 is 0 Å². The molecule has 2 nitrogen and oxygen atoms in total. The predicted octanol–water partition coefficient (Wildman–Crippen LogP) is 4.16. The van der Waals surface area contributed by atoms with E-state index >= 15 is 0 Å². The Morgan fingerprint density at radius 2 is 1.74 bits per heavy atom. The van der Waals surface area contributed by atoms with E-state index < -0.39 is 0 Å². The van der Waals surface area contributed by atoms with Crippen molar-refractivity contribution in [2.75, 3.05) is 26.2 Å². The Labute approximate surface area is 118 Å². The zero-order valence-corrected chi connectivity index (χ0v) is 12.5. The van der Waals surface area contributed by atoms with Gasteiger partial charge in [0.15, 0.2) is 0 Å². The van der Waals surface area contributed by atoms with E-state index in [0.29, 0.717) is 0 Å². The van der Waals surface area contributed by atoms with Crippen LogP contribution in [-0.2, 0) is 0 Å². The van der Waals surface area contributed by atoms with Gasteiger partial charge in [0.25, 0.3) is 0 Å². The quantitative estimate of drug-likeness (QED) is 0.555. The molecule has 0 aliphatic carbocycles. The van der Waals surface area contributed by atoms with Crippen LogP contribution in [0.2, 0.25) is 0 Å². The fourth-order valence-corrected chi connectivity index (χ4v) is 2.04. The first-order chi connectivity index (χ1) is 9.36. The van der Waals surface area contributed by atoms with Gasteiger partial charge in [0.1, 0.15) is 5.75 Å². The van der Waals surface area contributed by atoms with E-state index in [2.05, 4.69) is 24.8 Å². The third kappa shape index (κ3) is 7.89. The van der Waals surface area contributed by atoms with Gasteiger partial charge >= 0.3 is 0 Å². The van der Waals surface area contributed by atoms with Crippen molar-refractivity contribution in [2.24, 2.45) is 0 Å². The minimum atomic E-state index is 0.798. The van der Waals surface area contributed by atoms with Crippen LogP contribution in [0.5, 0.6) is 5.75 Å². The number of unbranched alkanes of at least 4 members (excludes halogenated alkanes) is 2. The van der Waals surface area contributed by atoms with Gasteiger partial charge in [-0.2, -0.15) is 0 Å². The van der Waals surface area contributed by atoms with Gasteiger partial charge in [-0.15, -0.1) is 0 Å². The molecule has 1 radical (unpaired) electrons. The summed E-state index contributed by atoms with van der Waals surface area (Å²) in [7, 11) is 0. The van der Waals surface area contributed by atoms with E-state index in [-0.39, 0.29) is 0 Å². The van der Waals surface area contributed by atoms with Gasteiger partial charge in [0, 0.05) is 6.54 Å². The third-order valence-corrected chi connectivity index (χ3v) is 3.22.